The third-order valence-electron chi connectivity index (χ3n) is 3.14. The molecule has 112 valence electrons. The van der Waals surface area contributed by atoms with Crippen LogP contribution in [0.5, 0.6) is 0 Å². The van der Waals surface area contributed by atoms with E-state index in [9.17, 15) is 4.79 Å². The fraction of sp³-hybridized carbons (Fsp3) is 0.400. The summed E-state index contributed by atoms with van der Waals surface area (Å²) in [5, 5.41) is 6.62. The second-order valence-electron chi connectivity index (χ2n) is 5.17. The van der Waals surface area contributed by atoms with Crippen LogP contribution in [0, 0.1) is 0 Å². The van der Waals surface area contributed by atoms with E-state index in [1.165, 1.54) is 0 Å². The molecule has 0 saturated heterocycles. The minimum atomic E-state index is -0.661. The summed E-state index contributed by atoms with van der Waals surface area (Å²) in [5.74, 6) is 0.554. The average Bonchev–Trinajstić information content (AvgIpc) is 2.95. The number of hydrogen-bond acceptors (Lipinski definition) is 5. The molecule has 6 heteroatoms. The highest BCUT2D eigenvalue weighted by atomic mass is 16.5. The molecular formula is C15H19N3O3. The number of hydrogen-bond donors (Lipinski definition) is 1. The van der Waals surface area contributed by atoms with E-state index in [4.69, 9.17) is 9.26 Å². The number of nitrogens with one attached hydrogen (secondary N) is 1. The van der Waals surface area contributed by atoms with E-state index >= 15 is 0 Å². The van der Waals surface area contributed by atoms with Gasteiger partial charge in [0.05, 0.1) is 6.42 Å². The molecule has 1 aromatic carbocycles. The third-order valence-corrected chi connectivity index (χ3v) is 3.14. The fourth-order valence-electron chi connectivity index (χ4n) is 1.66. The summed E-state index contributed by atoms with van der Waals surface area (Å²) in [6.45, 7) is 4.12. The lowest BCUT2D eigenvalue weighted by Gasteiger charge is -2.16. The summed E-state index contributed by atoms with van der Waals surface area (Å²) in [6.07, 6.45) is 0.0795. The van der Waals surface area contributed by atoms with E-state index in [1.807, 2.05) is 44.2 Å². The van der Waals surface area contributed by atoms with Crippen LogP contribution in [0.15, 0.2) is 34.9 Å². The van der Waals surface area contributed by atoms with E-state index in [0.29, 0.717) is 18.3 Å². The molecule has 0 atom stereocenters. The second kappa shape index (κ2) is 6.49. The molecule has 21 heavy (non-hydrogen) atoms. The van der Waals surface area contributed by atoms with Gasteiger partial charge in [0.25, 0.3) is 5.89 Å². The highest BCUT2D eigenvalue weighted by Crippen LogP contribution is 2.21. The third kappa shape index (κ3) is 4.13. The van der Waals surface area contributed by atoms with Crippen molar-refractivity contribution in [1.29, 1.82) is 0 Å². The van der Waals surface area contributed by atoms with Gasteiger partial charge in [0.2, 0.25) is 5.91 Å². The van der Waals surface area contributed by atoms with E-state index in [0.717, 1.165) is 5.56 Å². The van der Waals surface area contributed by atoms with Crippen molar-refractivity contribution in [3.8, 4) is 0 Å². The lowest BCUT2D eigenvalue weighted by Crippen LogP contribution is -2.25. The quantitative estimate of drug-likeness (QED) is 0.877. The summed E-state index contributed by atoms with van der Waals surface area (Å²) in [7, 11) is 1.57. The maximum absolute atomic E-state index is 11.9. The molecule has 2 rings (SSSR count). The van der Waals surface area contributed by atoms with Crippen molar-refractivity contribution in [2.24, 2.45) is 0 Å². The first-order valence-electron chi connectivity index (χ1n) is 6.70. The first-order valence-corrected chi connectivity index (χ1v) is 6.70. The lowest BCUT2D eigenvalue weighted by atomic mass is 10.1. The molecule has 0 aliphatic heterocycles. The number of carbonyl (C=O) groups excluding carboxylic acids is 1. The van der Waals surface area contributed by atoms with Crippen LogP contribution in [0.4, 0.5) is 0 Å². The molecule has 0 saturated carbocycles. The van der Waals surface area contributed by atoms with Gasteiger partial charge in [-0.25, -0.2) is 0 Å². The van der Waals surface area contributed by atoms with Crippen LogP contribution in [0.2, 0.25) is 0 Å². The lowest BCUT2D eigenvalue weighted by molar-refractivity contribution is -0.120. The molecule has 1 aromatic heterocycles. The van der Waals surface area contributed by atoms with E-state index < -0.39 is 5.60 Å². The summed E-state index contributed by atoms with van der Waals surface area (Å²) < 4.78 is 10.4. The Morgan fingerprint density at radius 2 is 2.05 bits per heavy atom. The molecule has 2 aromatic rings. The maximum atomic E-state index is 11.9. The highest BCUT2D eigenvalue weighted by Gasteiger charge is 2.27. The van der Waals surface area contributed by atoms with Crippen molar-refractivity contribution in [1.82, 2.24) is 15.5 Å². The Balaban J connectivity index is 1.89. The molecule has 6 nitrogen and oxygen atoms in total. The molecule has 1 amide bonds. The van der Waals surface area contributed by atoms with Crippen LogP contribution in [0.25, 0.3) is 0 Å². The SMILES string of the molecule is COC(C)(C)c1nc(CC(=O)NCc2ccccc2)no1. The molecule has 0 unspecified atom stereocenters. The van der Waals surface area contributed by atoms with Gasteiger partial charge in [0.15, 0.2) is 5.82 Å². The first-order chi connectivity index (χ1) is 10.0. The molecule has 0 radical (unpaired) electrons. The van der Waals surface area contributed by atoms with Crippen LogP contribution in [-0.4, -0.2) is 23.2 Å². The first kappa shape index (κ1) is 15.2. The summed E-state index contributed by atoms with van der Waals surface area (Å²) in [6, 6.07) is 9.70. The Morgan fingerprint density at radius 3 is 2.71 bits per heavy atom. The van der Waals surface area contributed by atoms with Gasteiger partial charge in [0.1, 0.15) is 5.60 Å². The molecule has 0 bridgehead atoms. The minimum absolute atomic E-state index is 0.0795. The highest BCUT2D eigenvalue weighted by molar-refractivity contribution is 5.77. The smallest absolute Gasteiger partial charge is 0.258 e. The topological polar surface area (TPSA) is 77.2 Å². The maximum Gasteiger partial charge on any atom is 0.258 e. The molecule has 0 aliphatic carbocycles. The van der Waals surface area contributed by atoms with Crippen LogP contribution in [0.1, 0.15) is 31.1 Å². The Labute approximate surface area is 123 Å². The number of rotatable bonds is 6. The van der Waals surface area contributed by atoms with Gasteiger partial charge in [-0.05, 0) is 19.4 Å². The van der Waals surface area contributed by atoms with E-state index in [1.54, 1.807) is 7.11 Å². The molecular weight excluding hydrogens is 270 g/mol. The van der Waals surface area contributed by atoms with E-state index in [2.05, 4.69) is 15.5 Å². The molecule has 0 aliphatic rings. The number of aromatic nitrogens is 2. The summed E-state index contributed by atoms with van der Waals surface area (Å²) in [5.41, 5.74) is 0.381. The number of benzene rings is 1. The molecule has 1 N–H and O–H groups in total. The Hall–Kier alpha value is -2.21. The van der Waals surface area contributed by atoms with Gasteiger partial charge in [0, 0.05) is 13.7 Å². The van der Waals surface area contributed by atoms with Crippen molar-refractivity contribution >= 4 is 5.91 Å². The second-order valence-corrected chi connectivity index (χ2v) is 5.17. The number of amides is 1. The summed E-state index contributed by atoms with van der Waals surface area (Å²) >= 11 is 0. The standard InChI is InChI=1S/C15H19N3O3/c1-15(2,20-3)14-17-12(18-21-14)9-13(19)16-10-11-7-5-4-6-8-11/h4-8H,9-10H2,1-3H3,(H,16,19). The zero-order chi connectivity index (χ0) is 15.3. The molecule has 0 fully saturated rings. The fourth-order valence-corrected chi connectivity index (χ4v) is 1.66. The number of methoxy groups -OCH3 is 1. The average molecular weight is 289 g/mol. The zero-order valence-electron chi connectivity index (χ0n) is 12.4. The van der Waals surface area contributed by atoms with Gasteiger partial charge in [-0.2, -0.15) is 4.98 Å². The largest absolute Gasteiger partial charge is 0.369 e. The molecule has 1 heterocycles. The van der Waals surface area contributed by atoms with Gasteiger partial charge in [-0.3, -0.25) is 4.79 Å². The molecule has 0 spiro atoms. The van der Waals surface area contributed by atoms with Crippen molar-refractivity contribution in [2.75, 3.05) is 7.11 Å². The predicted molar refractivity (Wildman–Crippen MR) is 76.3 cm³/mol. The number of nitrogens with zero attached hydrogens (tertiary/aromatic N) is 2. The van der Waals surface area contributed by atoms with Gasteiger partial charge in [-0.1, -0.05) is 35.5 Å². The van der Waals surface area contributed by atoms with E-state index in [-0.39, 0.29) is 12.3 Å². The van der Waals surface area contributed by atoms with Crippen LogP contribution >= 0.6 is 0 Å². The van der Waals surface area contributed by atoms with Crippen LogP contribution in [0.3, 0.4) is 0 Å². The van der Waals surface area contributed by atoms with Crippen molar-refractivity contribution < 1.29 is 14.1 Å². The van der Waals surface area contributed by atoms with Gasteiger partial charge in [-0.15, -0.1) is 0 Å². The minimum Gasteiger partial charge on any atom is -0.369 e. The zero-order valence-corrected chi connectivity index (χ0v) is 12.4. The Morgan fingerprint density at radius 1 is 1.33 bits per heavy atom. The number of ether oxygens (including phenoxy) is 1. The van der Waals surface area contributed by atoms with Gasteiger partial charge >= 0.3 is 0 Å². The van der Waals surface area contributed by atoms with Gasteiger partial charge < -0.3 is 14.6 Å². The van der Waals surface area contributed by atoms with Crippen molar-refractivity contribution in [2.45, 2.75) is 32.4 Å². The normalized spacial score (nSPS) is 11.4. The van der Waals surface area contributed by atoms with Crippen molar-refractivity contribution in [3.05, 3.63) is 47.6 Å². The van der Waals surface area contributed by atoms with Crippen molar-refractivity contribution in [3.63, 3.8) is 0 Å². The summed E-state index contributed by atoms with van der Waals surface area (Å²) in [4.78, 5) is 16.0. The monoisotopic (exact) mass is 289 g/mol. The predicted octanol–water partition coefficient (Wildman–Crippen LogP) is 1.81. The van der Waals surface area contributed by atoms with Crippen LogP contribution in [-0.2, 0) is 28.1 Å². The Bertz CT molecular complexity index is 593. The van der Waals surface area contributed by atoms with Crippen LogP contribution < -0.4 is 5.32 Å². The number of carbonyl (C=O) groups is 1. The Kier molecular flexibility index (Phi) is 4.70.